The molecule has 1 N–H and O–H groups in total. The molecule has 1 atom stereocenters. The highest BCUT2D eigenvalue weighted by molar-refractivity contribution is 5.99. The summed E-state index contributed by atoms with van der Waals surface area (Å²) in [7, 11) is 0. The Kier molecular flexibility index (Phi) is 6.31. The minimum absolute atomic E-state index is 0.355. The van der Waals surface area contributed by atoms with Crippen LogP contribution in [0, 0.1) is 6.92 Å². The molecule has 0 saturated carbocycles. The molecule has 0 bridgehead atoms. The van der Waals surface area contributed by atoms with Crippen LogP contribution in [-0.4, -0.2) is 29.7 Å². The summed E-state index contributed by atoms with van der Waals surface area (Å²) in [5, 5.41) is 2.14. The average molecular weight is 420 g/mol. The molecule has 1 unspecified atom stereocenters. The fraction of sp³-hybridized carbons (Fsp3) is 0.292. The van der Waals surface area contributed by atoms with Crippen LogP contribution in [0.25, 0.3) is 11.5 Å². The number of alkyl carbamates (subject to hydrolysis) is 1. The molecule has 1 saturated heterocycles. The van der Waals surface area contributed by atoms with E-state index in [-0.39, 0.29) is 5.91 Å². The Bertz CT molecular complexity index is 1040. The van der Waals surface area contributed by atoms with E-state index in [2.05, 4.69) is 10.3 Å². The van der Waals surface area contributed by atoms with Gasteiger partial charge in [-0.3, -0.25) is 10.1 Å². The molecule has 7 heteroatoms. The maximum Gasteiger partial charge on any atom is 0.414 e. The first kappa shape index (κ1) is 20.7. The Hall–Kier alpha value is -3.61. The quantitative estimate of drug-likeness (QED) is 0.557. The largest absolute Gasteiger partial charge is 0.493 e. The van der Waals surface area contributed by atoms with Gasteiger partial charge in [-0.15, -0.1) is 0 Å². The molecule has 2 amide bonds. The zero-order chi connectivity index (χ0) is 21.6. The Balaban J connectivity index is 1.22. The molecule has 7 nitrogen and oxygen atoms in total. The molecule has 1 aromatic heterocycles. The van der Waals surface area contributed by atoms with Crippen LogP contribution in [0.15, 0.2) is 59.0 Å². The lowest BCUT2D eigenvalue weighted by Crippen LogP contribution is -2.24. The molecule has 3 aromatic rings. The Morgan fingerprint density at radius 3 is 2.52 bits per heavy atom. The number of cyclic esters (lactones) is 1. The van der Waals surface area contributed by atoms with Crippen LogP contribution in [0.4, 0.5) is 4.79 Å². The van der Waals surface area contributed by atoms with Crippen LogP contribution < -0.4 is 10.1 Å². The smallest absolute Gasteiger partial charge is 0.414 e. The summed E-state index contributed by atoms with van der Waals surface area (Å²) >= 11 is 0. The molecule has 31 heavy (non-hydrogen) atoms. The molecule has 0 spiro atoms. The number of aromatic nitrogens is 1. The minimum Gasteiger partial charge on any atom is -0.493 e. The Morgan fingerprint density at radius 2 is 1.81 bits per heavy atom. The van der Waals surface area contributed by atoms with Crippen molar-refractivity contribution in [1.29, 1.82) is 0 Å². The number of nitrogens with zero attached hydrogens (tertiary/aromatic N) is 1. The van der Waals surface area contributed by atoms with Gasteiger partial charge in [0.25, 0.3) is 5.91 Å². The molecule has 1 aliphatic rings. The summed E-state index contributed by atoms with van der Waals surface area (Å²) in [5.74, 6) is 1.87. The van der Waals surface area contributed by atoms with E-state index < -0.39 is 12.2 Å². The van der Waals surface area contributed by atoms with E-state index >= 15 is 0 Å². The van der Waals surface area contributed by atoms with Gasteiger partial charge in [-0.2, -0.15) is 0 Å². The lowest BCUT2D eigenvalue weighted by Gasteiger charge is -2.08. The van der Waals surface area contributed by atoms with E-state index in [4.69, 9.17) is 13.9 Å². The summed E-state index contributed by atoms with van der Waals surface area (Å²) in [5.41, 5.74) is 2.99. The van der Waals surface area contributed by atoms with Gasteiger partial charge in [0.15, 0.2) is 6.10 Å². The fourth-order valence-corrected chi connectivity index (χ4v) is 3.46. The highest BCUT2D eigenvalue weighted by Gasteiger charge is 2.31. The number of amides is 2. The topological polar surface area (TPSA) is 90.7 Å². The Morgan fingerprint density at radius 1 is 1.03 bits per heavy atom. The number of aryl methyl sites for hydroxylation is 2. The minimum atomic E-state index is -0.669. The number of hydrogen-bond donors (Lipinski definition) is 1. The first-order valence-corrected chi connectivity index (χ1v) is 10.3. The molecule has 1 aliphatic heterocycles. The van der Waals surface area contributed by atoms with Crippen molar-refractivity contribution >= 4 is 12.0 Å². The number of hydrogen-bond acceptors (Lipinski definition) is 6. The van der Waals surface area contributed by atoms with Gasteiger partial charge in [0.2, 0.25) is 5.89 Å². The van der Waals surface area contributed by atoms with E-state index in [9.17, 15) is 9.59 Å². The third-order valence-electron chi connectivity index (χ3n) is 5.14. The van der Waals surface area contributed by atoms with Gasteiger partial charge in [0.05, 0.1) is 12.3 Å². The van der Waals surface area contributed by atoms with E-state index in [1.807, 2.05) is 61.5 Å². The SMILES string of the molecule is Cc1oc(-c2ccccc2)nc1CCOc1ccc(CCCC2OC(=O)NC2=O)cc1. The van der Waals surface area contributed by atoms with Crippen LogP contribution in [0.2, 0.25) is 0 Å². The van der Waals surface area contributed by atoms with Gasteiger partial charge in [-0.25, -0.2) is 9.78 Å². The number of benzene rings is 2. The summed E-state index contributed by atoms with van der Waals surface area (Å²) in [6.07, 6.45) is 1.39. The number of carbonyl (C=O) groups is 2. The van der Waals surface area contributed by atoms with Gasteiger partial charge in [0.1, 0.15) is 11.5 Å². The fourth-order valence-electron chi connectivity index (χ4n) is 3.46. The molecule has 1 fully saturated rings. The lowest BCUT2D eigenvalue weighted by atomic mass is 10.1. The molecule has 0 radical (unpaired) electrons. The van der Waals surface area contributed by atoms with E-state index in [1.54, 1.807) is 0 Å². The van der Waals surface area contributed by atoms with Crippen molar-refractivity contribution in [2.45, 2.75) is 38.7 Å². The average Bonchev–Trinajstić information content (AvgIpc) is 3.31. The predicted molar refractivity (Wildman–Crippen MR) is 114 cm³/mol. The number of ether oxygens (including phenoxy) is 2. The third kappa shape index (κ3) is 5.31. The van der Waals surface area contributed by atoms with E-state index in [1.165, 1.54) is 0 Å². The van der Waals surface area contributed by atoms with Gasteiger partial charge >= 0.3 is 6.09 Å². The van der Waals surface area contributed by atoms with Crippen LogP contribution in [0.5, 0.6) is 5.75 Å². The molecule has 2 heterocycles. The number of imide groups is 1. The third-order valence-corrected chi connectivity index (χ3v) is 5.14. The first-order valence-electron chi connectivity index (χ1n) is 10.3. The number of carbonyl (C=O) groups excluding carboxylic acids is 2. The van der Waals surface area contributed by atoms with Crippen molar-refractivity contribution in [3.05, 3.63) is 71.6 Å². The van der Waals surface area contributed by atoms with Crippen LogP contribution in [0.1, 0.15) is 29.9 Å². The van der Waals surface area contributed by atoms with Gasteiger partial charge in [0, 0.05) is 12.0 Å². The van der Waals surface area contributed by atoms with Gasteiger partial charge in [-0.1, -0.05) is 30.3 Å². The standard InChI is InChI=1S/C24H24N2O5/c1-16-20(25-23(30-16)18-7-3-2-4-8-18)14-15-29-19-12-10-17(11-13-19)6-5-9-21-22(27)26-24(28)31-21/h2-4,7-8,10-13,21H,5-6,9,14-15H2,1H3,(H,26,27,28). The van der Waals surface area contributed by atoms with Crippen LogP contribution in [-0.2, 0) is 22.4 Å². The Labute approximate surface area is 180 Å². The highest BCUT2D eigenvalue weighted by Crippen LogP contribution is 2.22. The van der Waals surface area contributed by atoms with Crippen LogP contribution >= 0.6 is 0 Å². The summed E-state index contributed by atoms with van der Waals surface area (Å²) < 4.78 is 16.6. The van der Waals surface area contributed by atoms with Gasteiger partial charge < -0.3 is 13.9 Å². The summed E-state index contributed by atoms with van der Waals surface area (Å²) in [6.45, 7) is 2.42. The zero-order valence-corrected chi connectivity index (χ0v) is 17.3. The zero-order valence-electron chi connectivity index (χ0n) is 17.3. The number of nitrogens with one attached hydrogen (secondary N) is 1. The molecule has 160 valence electrons. The molecule has 0 aliphatic carbocycles. The van der Waals surface area contributed by atoms with Crippen molar-refractivity contribution in [3.63, 3.8) is 0 Å². The number of rotatable bonds is 9. The van der Waals surface area contributed by atoms with Gasteiger partial charge in [-0.05, 0) is 56.0 Å². The monoisotopic (exact) mass is 420 g/mol. The second-order valence-electron chi connectivity index (χ2n) is 7.41. The molecular weight excluding hydrogens is 396 g/mol. The van der Waals surface area contributed by atoms with Crippen molar-refractivity contribution in [2.75, 3.05) is 6.61 Å². The van der Waals surface area contributed by atoms with Crippen molar-refractivity contribution in [1.82, 2.24) is 10.3 Å². The van der Waals surface area contributed by atoms with E-state index in [0.717, 1.165) is 41.2 Å². The molecule has 4 rings (SSSR count). The maximum atomic E-state index is 11.5. The highest BCUT2D eigenvalue weighted by atomic mass is 16.6. The first-order chi connectivity index (χ1) is 15.1. The van der Waals surface area contributed by atoms with Crippen molar-refractivity contribution < 1.29 is 23.5 Å². The van der Waals surface area contributed by atoms with Crippen molar-refractivity contribution in [3.8, 4) is 17.2 Å². The second-order valence-corrected chi connectivity index (χ2v) is 7.41. The summed E-state index contributed by atoms with van der Waals surface area (Å²) in [4.78, 5) is 27.1. The normalized spacial score (nSPS) is 15.6. The van der Waals surface area contributed by atoms with Crippen LogP contribution in [0.3, 0.4) is 0 Å². The summed E-state index contributed by atoms with van der Waals surface area (Å²) in [6, 6.07) is 17.7. The number of oxazole rings is 1. The lowest BCUT2D eigenvalue weighted by molar-refractivity contribution is -0.123. The predicted octanol–water partition coefficient (Wildman–Crippen LogP) is 4.23. The van der Waals surface area contributed by atoms with Crippen molar-refractivity contribution in [2.24, 2.45) is 0 Å². The second kappa shape index (κ2) is 9.47. The molecule has 2 aromatic carbocycles. The van der Waals surface area contributed by atoms with E-state index in [0.29, 0.717) is 25.3 Å². The maximum absolute atomic E-state index is 11.5. The molecular formula is C24H24N2O5.